The third-order valence-corrected chi connectivity index (χ3v) is 5.47. The number of methoxy groups -OCH3 is 2. The van der Waals surface area contributed by atoms with E-state index in [-0.39, 0.29) is 11.7 Å². The second-order valence-corrected chi connectivity index (χ2v) is 7.55. The molecule has 2 aromatic carbocycles. The van der Waals surface area contributed by atoms with Gasteiger partial charge in [-0.25, -0.2) is 5.43 Å². The maximum Gasteiger partial charge on any atom is 0.250 e. The van der Waals surface area contributed by atoms with Gasteiger partial charge >= 0.3 is 0 Å². The van der Waals surface area contributed by atoms with Crippen LogP contribution in [-0.4, -0.2) is 46.9 Å². The standard InChI is InChI=1S/C22H25N5O3S/c1-5-27-21(16-8-6-15(2)7-9-16)25-26-22(27)31-14-20(28)24-23-13-17-12-18(29-3)10-11-19(17)30-4/h6-13H,5,14H2,1-4H3,(H,24,28). The molecule has 0 unspecified atom stereocenters. The number of nitrogens with zero attached hydrogens (tertiary/aromatic N) is 4. The molecule has 3 aromatic rings. The molecule has 0 aliphatic carbocycles. The van der Waals surface area contributed by atoms with Gasteiger partial charge in [0.15, 0.2) is 11.0 Å². The summed E-state index contributed by atoms with van der Waals surface area (Å²) >= 11 is 1.32. The van der Waals surface area contributed by atoms with Gasteiger partial charge in [-0.05, 0) is 32.0 Å². The first kappa shape index (κ1) is 22.4. The Kier molecular flexibility index (Phi) is 7.66. The Labute approximate surface area is 185 Å². The van der Waals surface area contributed by atoms with E-state index in [0.717, 1.165) is 11.4 Å². The number of hydrogen-bond donors (Lipinski definition) is 1. The highest BCUT2D eigenvalue weighted by atomic mass is 32.2. The molecule has 0 saturated heterocycles. The van der Waals surface area contributed by atoms with Crippen LogP contribution in [0.25, 0.3) is 11.4 Å². The minimum atomic E-state index is -0.245. The topological polar surface area (TPSA) is 90.6 Å². The molecule has 1 aromatic heterocycles. The van der Waals surface area contributed by atoms with Gasteiger partial charge in [-0.15, -0.1) is 10.2 Å². The molecule has 3 rings (SSSR count). The average molecular weight is 440 g/mol. The summed E-state index contributed by atoms with van der Waals surface area (Å²) in [6, 6.07) is 13.5. The Balaban J connectivity index is 1.61. The lowest BCUT2D eigenvalue weighted by atomic mass is 10.1. The van der Waals surface area contributed by atoms with Crippen molar-refractivity contribution in [3.8, 4) is 22.9 Å². The molecule has 9 heteroatoms. The van der Waals surface area contributed by atoms with Gasteiger partial charge in [0.2, 0.25) is 0 Å². The summed E-state index contributed by atoms with van der Waals surface area (Å²) < 4.78 is 12.5. The molecule has 0 radical (unpaired) electrons. The van der Waals surface area contributed by atoms with Crippen LogP contribution in [0.15, 0.2) is 52.7 Å². The largest absolute Gasteiger partial charge is 0.497 e. The first-order chi connectivity index (χ1) is 15.0. The van der Waals surface area contributed by atoms with Gasteiger partial charge in [-0.2, -0.15) is 5.10 Å². The predicted octanol–water partition coefficient (Wildman–Crippen LogP) is 3.53. The Bertz CT molecular complexity index is 1060. The van der Waals surface area contributed by atoms with E-state index in [2.05, 4.69) is 20.7 Å². The van der Waals surface area contributed by atoms with Crippen LogP contribution >= 0.6 is 11.8 Å². The van der Waals surface area contributed by atoms with E-state index < -0.39 is 0 Å². The SMILES string of the molecule is CCn1c(SCC(=O)NN=Cc2cc(OC)ccc2OC)nnc1-c1ccc(C)cc1. The number of aromatic nitrogens is 3. The van der Waals surface area contributed by atoms with E-state index in [1.165, 1.54) is 23.5 Å². The number of carbonyl (C=O) groups is 1. The normalized spacial score (nSPS) is 11.0. The zero-order valence-electron chi connectivity index (χ0n) is 18.0. The maximum atomic E-state index is 12.2. The molecule has 0 spiro atoms. The molecule has 1 N–H and O–H groups in total. The number of nitrogens with one attached hydrogen (secondary N) is 1. The second-order valence-electron chi connectivity index (χ2n) is 6.61. The summed E-state index contributed by atoms with van der Waals surface area (Å²) in [6.07, 6.45) is 1.52. The molecular formula is C22H25N5O3S. The van der Waals surface area contributed by atoms with Gasteiger partial charge in [0.1, 0.15) is 11.5 Å². The van der Waals surface area contributed by atoms with Gasteiger partial charge in [-0.3, -0.25) is 4.79 Å². The molecule has 162 valence electrons. The smallest absolute Gasteiger partial charge is 0.250 e. The molecule has 1 heterocycles. The Hall–Kier alpha value is -3.33. The number of aryl methyl sites for hydroxylation is 1. The summed E-state index contributed by atoms with van der Waals surface area (Å²) in [5.41, 5.74) is 5.40. The van der Waals surface area contributed by atoms with Crippen molar-refractivity contribution in [2.24, 2.45) is 5.10 Å². The maximum absolute atomic E-state index is 12.2. The van der Waals surface area contributed by atoms with Gasteiger partial charge in [0, 0.05) is 17.7 Å². The van der Waals surface area contributed by atoms with Gasteiger partial charge < -0.3 is 14.0 Å². The van der Waals surface area contributed by atoms with Crippen LogP contribution < -0.4 is 14.9 Å². The minimum Gasteiger partial charge on any atom is -0.497 e. The van der Waals surface area contributed by atoms with Crippen LogP contribution in [0.1, 0.15) is 18.1 Å². The molecule has 0 aliphatic rings. The molecule has 0 bridgehead atoms. The second kappa shape index (κ2) is 10.6. The number of hydrazone groups is 1. The van der Waals surface area contributed by atoms with Crippen LogP contribution in [0.4, 0.5) is 0 Å². The van der Waals surface area contributed by atoms with Crippen LogP contribution in [0.3, 0.4) is 0 Å². The van der Waals surface area contributed by atoms with Crippen molar-refractivity contribution in [1.29, 1.82) is 0 Å². The zero-order chi connectivity index (χ0) is 22.2. The molecule has 1 amide bonds. The van der Waals surface area contributed by atoms with Crippen LogP contribution in [-0.2, 0) is 11.3 Å². The highest BCUT2D eigenvalue weighted by molar-refractivity contribution is 7.99. The molecule has 8 nitrogen and oxygen atoms in total. The third-order valence-electron chi connectivity index (χ3n) is 4.50. The number of ether oxygens (including phenoxy) is 2. The fraction of sp³-hybridized carbons (Fsp3) is 0.273. The van der Waals surface area contributed by atoms with Gasteiger partial charge in [0.25, 0.3) is 5.91 Å². The molecule has 0 fully saturated rings. The van der Waals surface area contributed by atoms with Gasteiger partial charge in [0.05, 0.1) is 26.2 Å². The third kappa shape index (κ3) is 5.64. The number of benzene rings is 2. The van der Waals surface area contributed by atoms with Crippen molar-refractivity contribution < 1.29 is 14.3 Å². The predicted molar refractivity (Wildman–Crippen MR) is 122 cm³/mol. The minimum absolute atomic E-state index is 0.165. The van der Waals surface area contributed by atoms with E-state index in [1.54, 1.807) is 32.4 Å². The highest BCUT2D eigenvalue weighted by Crippen LogP contribution is 2.24. The Morgan fingerprint density at radius 3 is 2.61 bits per heavy atom. The van der Waals surface area contributed by atoms with Crippen molar-refractivity contribution >= 4 is 23.9 Å². The highest BCUT2D eigenvalue weighted by Gasteiger charge is 2.14. The van der Waals surface area contributed by atoms with E-state index in [1.807, 2.05) is 42.7 Å². The molecule has 0 aliphatic heterocycles. The molecule has 0 atom stereocenters. The van der Waals surface area contributed by atoms with Crippen LogP contribution in [0, 0.1) is 6.92 Å². The van der Waals surface area contributed by atoms with Crippen LogP contribution in [0.5, 0.6) is 11.5 Å². The molecular weight excluding hydrogens is 414 g/mol. The average Bonchev–Trinajstić information content (AvgIpc) is 3.21. The van der Waals surface area contributed by atoms with Crippen molar-refractivity contribution in [2.75, 3.05) is 20.0 Å². The fourth-order valence-corrected chi connectivity index (χ4v) is 3.67. The first-order valence-electron chi connectivity index (χ1n) is 9.72. The molecule has 0 saturated carbocycles. The van der Waals surface area contributed by atoms with Crippen molar-refractivity contribution in [1.82, 2.24) is 20.2 Å². The summed E-state index contributed by atoms with van der Waals surface area (Å²) in [6.45, 7) is 4.77. The van der Waals surface area contributed by atoms with E-state index >= 15 is 0 Å². The van der Waals surface area contributed by atoms with Crippen LogP contribution in [0.2, 0.25) is 0 Å². The van der Waals surface area contributed by atoms with E-state index in [9.17, 15) is 4.79 Å². The lowest BCUT2D eigenvalue weighted by molar-refractivity contribution is -0.118. The number of amides is 1. The first-order valence-corrected chi connectivity index (χ1v) is 10.7. The summed E-state index contributed by atoms with van der Waals surface area (Å²) in [5, 5.41) is 13.3. The monoisotopic (exact) mass is 439 g/mol. The summed E-state index contributed by atoms with van der Waals surface area (Å²) in [4.78, 5) is 12.2. The number of thioether (sulfide) groups is 1. The quantitative estimate of drug-likeness (QED) is 0.312. The zero-order valence-corrected chi connectivity index (χ0v) is 18.8. The molecule has 31 heavy (non-hydrogen) atoms. The van der Waals surface area contributed by atoms with Crippen molar-refractivity contribution in [2.45, 2.75) is 25.5 Å². The Morgan fingerprint density at radius 1 is 1.16 bits per heavy atom. The number of carbonyl (C=O) groups excluding carboxylic acids is 1. The summed E-state index contributed by atoms with van der Waals surface area (Å²) in [7, 11) is 3.16. The van der Waals surface area contributed by atoms with Crippen molar-refractivity contribution in [3.05, 3.63) is 53.6 Å². The summed E-state index contributed by atoms with van der Waals surface area (Å²) in [5.74, 6) is 2.01. The lowest BCUT2D eigenvalue weighted by Crippen LogP contribution is -2.20. The lowest BCUT2D eigenvalue weighted by Gasteiger charge is -2.07. The Morgan fingerprint density at radius 2 is 1.94 bits per heavy atom. The van der Waals surface area contributed by atoms with Gasteiger partial charge in [-0.1, -0.05) is 41.6 Å². The van der Waals surface area contributed by atoms with E-state index in [4.69, 9.17) is 9.47 Å². The number of rotatable bonds is 9. The van der Waals surface area contributed by atoms with Crippen molar-refractivity contribution in [3.63, 3.8) is 0 Å². The fourth-order valence-electron chi connectivity index (χ4n) is 2.87. The van der Waals surface area contributed by atoms with E-state index in [0.29, 0.717) is 28.8 Å². The number of hydrogen-bond acceptors (Lipinski definition) is 7.